The average Bonchev–Trinajstić information content (AvgIpc) is 3.14. The number of hydrogen-bond acceptors (Lipinski definition) is 5. The van der Waals surface area contributed by atoms with Crippen LogP contribution in [-0.4, -0.2) is 23.7 Å². The Morgan fingerprint density at radius 2 is 1.75 bits per heavy atom. The minimum absolute atomic E-state index is 0.0523. The molecule has 0 amide bonds. The van der Waals surface area contributed by atoms with E-state index in [9.17, 15) is 13.2 Å². The van der Waals surface area contributed by atoms with Gasteiger partial charge in [0.15, 0.2) is 9.84 Å². The van der Waals surface area contributed by atoms with Crippen molar-refractivity contribution in [3.05, 3.63) is 81.8 Å². The van der Waals surface area contributed by atoms with Crippen LogP contribution in [0.1, 0.15) is 0 Å². The van der Waals surface area contributed by atoms with Crippen LogP contribution in [0.25, 0.3) is 20.7 Å². The van der Waals surface area contributed by atoms with Crippen LogP contribution in [0.4, 0.5) is 0 Å². The average molecular weight is 475 g/mol. The van der Waals surface area contributed by atoms with Crippen molar-refractivity contribution in [1.82, 2.24) is 9.55 Å². The summed E-state index contributed by atoms with van der Waals surface area (Å²) in [6, 6.07) is 18.1. The Bertz CT molecular complexity index is 1300. The van der Waals surface area contributed by atoms with Crippen LogP contribution in [0.2, 0.25) is 0 Å². The number of halogens is 1. The first kappa shape index (κ1) is 19.0. The maximum Gasteiger partial charge on any atom is 0.262 e. The minimum atomic E-state index is -3.49. The molecule has 4 aromatic rings. The van der Waals surface area contributed by atoms with Gasteiger partial charge in [0, 0.05) is 15.9 Å². The van der Waals surface area contributed by atoms with Crippen LogP contribution in [-0.2, 0) is 16.4 Å². The molecule has 0 spiro atoms. The topological polar surface area (TPSA) is 69.0 Å². The van der Waals surface area contributed by atoms with Gasteiger partial charge < -0.3 is 0 Å². The molecule has 0 bridgehead atoms. The Hall–Kier alpha value is -2.29. The van der Waals surface area contributed by atoms with E-state index in [1.165, 1.54) is 22.2 Å². The second kappa shape index (κ2) is 7.62. The summed E-state index contributed by atoms with van der Waals surface area (Å²) in [6.45, 7) is 0.0523. The molecule has 0 atom stereocenters. The first-order valence-corrected chi connectivity index (χ1v) is 11.7. The number of rotatable bonds is 5. The number of aromatic nitrogens is 2. The highest BCUT2D eigenvalue weighted by molar-refractivity contribution is 9.10. The molecule has 142 valence electrons. The number of nitrogens with zero attached hydrogens (tertiary/aromatic N) is 2. The quantitative estimate of drug-likeness (QED) is 0.430. The molecule has 0 radical (unpaired) electrons. The van der Waals surface area contributed by atoms with Crippen molar-refractivity contribution in [2.45, 2.75) is 11.4 Å². The molecule has 0 aliphatic rings. The van der Waals surface area contributed by atoms with E-state index in [1.54, 1.807) is 24.3 Å². The third-order valence-corrected chi connectivity index (χ3v) is 7.68. The SMILES string of the molecule is O=c1c2cc(-c3ccccc3)sc2ncn1CCS(=O)(=O)c1ccc(Br)cc1. The van der Waals surface area contributed by atoms with Crippen LogP contribution in [0.5, 0.6) is 0 Å². The smallest absolute Gasteiger partial charge is 0.262 e. The number of sulfone groups is 1. The fourth-order valence-corrected chi connectivity index (χ4v) is 5.32. The molecular weight excluding hydrogens is 460 g/mol. The summed E-state index contributed by atoms with van der Waals surface area (Å²) in [5.41, 5.74) is 0.795. The van der Waals surface area contributed by atoms with Crippen LogP contribution in [0.3, 0.4) is 0 Å². The molecule has 2 aromatic carbocycles. The Balaban J connectivity index is 1.62. The monoisotopic (exact) mass is 474 g/mol. The normalized spacial score (nSPS) is 11.8. The number of benzene rings is 2. The van der Waals surface area contributed by atoms with Crippen molar-refractivity contribution in [2.75, 3.05) is 5.75 Å². The molecule has 2 aromatic heterocycles. The van der Waals surface area contributed by atoms with E-state index in [0.717, 1.165) is 14.9 Å². The lowest BCUT2D eigenvalue weighted by atomic mass is 10.2. The first-order valence-electron chi connectivity index (χ1n) is 8.47. The zero-order chi connectivity index (χ0) is 19.7. The summed E-state index contributed by atoms with van der Waals surface area (Å²) in [5, 5.41) is 0.507. The van der Waals surface area contributed by atoms with Crippen molar-refractivity contribution in [1.29, 1.82) is 0 Å². The molecule has 0 N–H and O–H groups in total. The first-order chi connectivity index (χ1) is 13.4. The second-order valence-electron chi connectivity index (χ2n) is 6.21. The lowest BCUT2D eigenvalue weighted by molar-refractivity contribution is 0.587. The van der Waals surface area contributed by atoms with E-state index in [-0.39, 0.29) is 22.8 Å². The highest BCUT2D eigenvalue weighted by Gasteiger charge is 2.16. The van der Waals surface area contributed by atoms with Crippen molar-refractivity contribution in [2.24, 2.45) is 0 Å². The lowest BCUT2D eigenvalue weighted by Gasteiger charge is -2.07. The van der Waals surface area contributed by atoms with Crippen molar-refractivity contribution >= 4 is 47.3 Å². The third kappa shape index (κ3) is 3.80. The zero-order valence-corrected chi connectivity index (χ0v) is 17.8. The summed E-state index contributed by atoms with van der Waals surface area (Å²) in [6.07, 6.45) is 1.42. The Kier molecular flexibility index (Phi) is 5.18. The number of thiophene rings is 1. The van der Waals surface area contributed by atoms with Crippen molar-refractivity contribution in [3.63, 3.8) is 0 Å². The fourth-order valence-electron chi connectivity index (χ4n) is 2.84. The second-order valence-corrected chi connectivity index (χ2v) is 10.3. The number of hydrogen-bond donors (Lipinski definition) is 0. The van der Waals surface area contributed by atoms with Gasteiger partial charge in [0.25, 0.3) is 5.56 Å². The van der Waals surface area contributed by atoms with Crippen LogP contribution in [0.15, 0.2) is 81.2 Å². The predicted molar refractivity (Wildman–Crippen MR) is 116 cm³/mol. The molecule has 28 heavy (non-hydrogen) atoms. The molecule has 2 heterocycles. The van der Waals surface area contributed by atoms with E-state index in [2.05, 4.69) is 20.9 Å². The summed E-state index contributed by atoms with van der Waals surface area (Å²) in [4.78, 5) is 19.0. The summed E-state index contributed by atoms with van der Waals surface area (Å²) >= 11 is 4.74. The van der Waals surface area contributed by atoms with Gasteiger partial charge >= 0.3 is 0 Å². The van der Waals surface area contributed by atoms with Gasteiger partial charge in [-0.05, 0) is 35.9 Å². The van der Waals surface area contributed by atoms with E-state index in [4.69, 9.17) is 0 Å². The number of fused-ring (bicyclic) bond motifs is 1. The maximum atomic E-state index is 12.8. The molecule has 0 saturated carbocycles. The van der Waals surface area contributed by atoms with Crippen LogP contribution < -0.4 is 5.56 Å². The highest BCUT2D eigenvalue weighted by atomic mass is 79.9. The van der Waals surface area contributed by atoms with E-state index >= 15 is 0 Å². The molecule has 0 fully saturated rings. The fraction of sp³-hybridized carbons (Fsp3) is 0.100. The lowest BCUT2D eigenvalue weighted by Crippen LogP contribution is -2.24. The number of aryl methyl sites for hydroxylation is 1. The highest BCUT2D eigenvalue weighted by Crippen LogP contribution is 2.30. The van der Waals surface area contributed by atoms with Gasteiger partial charge in [-0.15, -0.1) is 11.3 Å². The van der Waals surface area contributed by atoms with Crippen LogP contribution in [0, 0.1) is 0 Å². The summed E-state index contributed by atoms with van der Waals surface area (Å²) in [5.74, 6) is -0.169. The van der Waals surface area contributed by atoms with E-state index in [1.807, 2.05) is 36.4 Å². The van der Waals surface area contributed by atoms with E-state index < -0.39 is 9.84 Å². The molecule has 0 aliphatic heterocycles. The Labute approximate surface area is 174 Å². The molecule has 0 aliphatic carbocycles. The largest absolute Gasteiger partial charge is 0.298 e. The van der Waals surface area contributed by atoms with Gasteiger partial charge in [-0.3, -0.25) is 9.36 Å². The van der Waals surface area contributed by atoms with Gasteiger partial charge in [0.1, 0.15) is 4.83 Å². The maximum absolute atomic E-state index is 12.8. The van der Waals surface area contributed by atoms with Gasteiger partial charge in [-0.2, -0.15) is 0 Å². The van der Waals surface area contributed by atoms with Gasteiger partial charge in [0.05, 0.1) is 22.4 Å². The van der Waals surface area contributed by atoms with Gasteiger partial charge in [-0.1, -0.05) is 46.3 Å². The molecule has 4 rings (SSSR count). The molecule has 0 unspecified atom stereocenters. The summed E-state index contributed by atoms with van der Waals surface area (Å²) < 4.78 is 27.2. The molecule has 8 heteroatoms. The predicted octanol–water partition coefficient (Wildman–Crippen LogP) is 4.36. The third-order valence-electron chi connectivity index (χ3n) is 4.35. The Morgan fingerprint density at radius 3 is 2.46 bits per heavy atom. The molecule has 5 nitrogen and oxygen atoms in total. The zero-order valence-electron chi connectivity index (χ0n) is 14.6. The van der Waals surface area contributed by atoms with E-state index in [0.29, 0.717) is 10.2 Å². The van der Waals surface area contributed by atoms with Gasteiger partial charge in [0.2, 0.25) is 0 Å². The van der Waals surface area contributed by atoms with Crippen molar-refractivity contribution < 1.29 is 8.42 Å². The van der Waals surface area contributed by atoms with Crippen molar-refractivity contribution in [3.8, 4) is 10.4 Å². The standard InChI is InChI=1S/C20H15BrN2O3S2/c21-15-6-8-16(9-7-15)28(25,26)11-10-23-13-22-19-17(20(23)24)12-18(27-19)14-4-2-1-3-5-14/h1-9,12-13H,10-11H2. The molecular formula is C20H15BrN2O3S2. The van der Waals surface area contributed by atoms with Gasteiger partial charge in [-0.25, -0.2) is 13.4 Å². The molecule has 0 saturated heterocycles. The van der Waals surface area contributed by atoms with Crippen LogP contribution >= 0.6 is 27.3 Å². The Morgan fingerprint density at radius 1 is 1.04 bits per heavy atom. The minimum Gasteiger partial charge on any atom is -0.298 e. The summed E-state index contributed by atoms with van der Waals surface area (Å²) in [7, 11) is -3.49.